The van der Waals surface area contributed by atoms with Gasteiger partial charge in [0.2, 0.25) is 0 Å². The second-order valence-corrected chi connectivity index (χ2v) is 4.09. The van der Waals surface area contributed by atoms with Gasteiger partial charge in [0.15, 0.2) is 0 Å². The first kappa shape index (κ1) is 27.0. The Labute approximate surface area is 158 Å². The van der Waals surface area contributed by atoms with Gasteiger partial charge in [-0.3, -0.25) is 33.9 Å². The third-order valence-corrected chi connectivity index (χ3v) is 2.17. The summed E-state index contributed by atoms with van der Waals surface area (Å²) in [6, 6.07) is 0. The SMILES string of the molecule is O=C(O)CN(CCN(CC(=O)O)CC(=O)O)CC(=O)O.[N-]=[N+]=[N-].[NaH]. The standard InChI is InChI=1S/C10H16N2O8.N3.Na.H/c13-7(14)3-11(4-8(15)16)1-2-12(5-9(17)18)6-10(19)20;1-3-2;;/h1-6H2,(H,13,14)(H,15,16)(H,17,18)(H,19,20);;;/q;-1;;. The average molecular weight is 358 g/mol. The summed E-state index contributed by atoms with van der Waals surface area (Å²) in [7, 11) is 0. The van der Waals surface area contributed by atoms with Crippen LogP contribution in [0.2, 0.25) is 0 Å². The van der Waals surface area contributed by atoms with Crippen LogP contribution in [0.5, 0.6) is 0 Å². The van der Waals surface area contributed by atoms with Crippen LogP contribution in [0.25, 0.3) is 16.0 Å². The fraction of sp³-hybridized carbons (Fsp3) is 0.600. The number of hydrogen-bond donors (Lipinski definition) is 4. The van der Waals surface area contributed by atoms with Crippen molar-refractivity contribution >= 4 is 53.4 Å². The van der Waals surface area contributed by atoms with E-state index in [4.69, 9.17) is 31.5 Å². The van der Waals surface area contributed by atoms with Crippen LogP contribution in [-0.2, 0) is 19.2 Å². The molecular formula is C10H17N5NaO8-. The number of rotatable bonds is 11. The molecule has 0 aliphatic heterocycles. The van der Waals surface area contributed by atoms with Crippen LogP contribution in [0.4, 0.5) is 0 Å². The van der Waals surface area contributed by atoms with E-state index in [1.165, 1.54) is 4.91 Å². The van der Waals surface area contributed by atoms with Crippen molar-refractivity contribution in [3.63, 3.8) is 0 Å². The number of carbonyl (C=O) groups is 4. The van der Waals surface area contributed by atoms with Gasteiger partial charge >= 0.3 is 53.4 Å². The van der Waals surface area contributed by atoms with Gasteiger partial charge in [-0.1, -0.05) is 0 Å². The van der Waals surface area contributed by atoms with E-state index in [0.717, 1.165) is 9.80 Å². The molecule has 0 heterocycles. The van der Waals surface area contributed by atoms with Gasteiger partial charge in [-0.15, -0.1) is 0 Å². The van der Waals surface area contributed by atoms with E-state index < -0.39 is 50.1 Å². The molecule has 0 rings (SSSR count). The Kier molecular flexibility index (Phi) is 18.0. The van der Waals surface area contributed by atoms with Crippen LogP contribution < -0.4 is 0 Å². The summed E-state index contributed by atoms with van der Waals surface area (Å²) in [6.07, 6.45) is 0. The Morgan fingerprint density at radius 1 is 0.667 bits per heavy atom. The molecule has 0 aliphatic carbocycles. The summed E-state index contributed by atoms with van der Waals surface area (Å²) in [4.78, 5) is 45.9. The minimum atomic E-state index is -1.23. The van der Waals surface area contributed by atoms with Crippen LogP contribution in [0.1, 0.15) is 0 Å². The summed E-state index contributed by atoms with van der Waals surface area (Å²) in [6.45, 7) is -2.25. The van der Waals surface area contributed by atoms with Crippen LogP contribution in [0.3, 0.4) is 0 Å². The first-order valence-electron chi connectivity index (χ1n) is 5.92. The Hall–Kier alpha value is -1.89. The monoisotopic (exact) mass is 358 g/mol. The number of hydrogen-bond acceptors (Lipinski definition) is 6. The maximum absolute atomic E-state index is 10.6. The summed E-state index contributed by atoms with van der Waals surface area (Å²) >= 11 is 0. The molecule has 13 nitrogen and oxygen atoms in total. The summed E-state index contributed by atoms with van der Waals surface area (Å²) in [5, 5.41) is 34.5. The molecule has 0 aromatic heterocycles. The van der Waals surface area contributed by atoms with Crippen molar-refractivity contribution in [3.8, 4) is 0 Å². The predicted molar refractivity (Wildman–Crippen MR) is 80.6 cm³/mol. The van der Waals surface area contributed by atoms with Crippen LogP contribution >= 0.6 is 0 Å². The van der Waals surface area contributed by atoms with E-state index >= 15 is 0 Å². The predicted octanol–water partition coefficient (Wildman–Crippen LogP) is -1.85. The van der Waals surface area contributed by atoms with Gasteiger partial charge in [0, 0.05) is 13.1 Å². The Morgan fingerprint density at radius 2 is 0.833 bits per heavy atom. The Morgan fingerprint density at radius 3 is 0.958 bits per heavy atom. The van der Waals surface area contributed by atoms with Crippen molar-refractivity contribution in [1.29, 1.82) is 0 Å². The fourth-order valence-electron chi connectivity index (χ4n) is 1.48. The van der Waals surface area contributed by atoms with Crippen molar-refractivity contribution in [3.05, 3.63) is 16.0 Å². The molecule has 0 aliphatic rings. The van der Waals surface area contributed by atoms with Crippen molar-refractivity contribution in [2.24, 2.45) is 0 Å². The zero-order chi connectivity index (χ0) is 18.4. The zero-order valence-corrected chi connectivity index (χ0v) is 11.9. The van der Waals surface area contributed by atoms with Gasteiger partial charge in [-0.25, -0.2) is 0 Å². The van der Waals surface area contributed by atoms with Crippen LogP contribution in [0, 0.1) is 0 Å². The quantitative estimate of drug-likeness (QED) is 0.140. The molecule has 4 N–H and O–H groups in total. The van der Waals surface area contributed by atoms with Gasteiger partial charge in [0.25, 0.3) is 0 Å². The van der Waals surface area contributed by atoms with E-state index in [0.29, 0.717) is 0 Å². The first-order valence-corrected chi connectivity index (χ1v) is 5.92. The van der Waals surface area contributed by atoms with E-state index in [1.807, 2.05) is 0 Å². The summed E-state index contributed by atoms with van der Waals surface area (Å²) in [5.74, 6) is -4.91. The molecule has 0 radical (unpaired) electrons. The Balaban J connectivity index is -0.00000102. The molecule has 132 valence electrons. The fourth-order valence-corrected chi connectivity index (χ4v) is 1.48. The molecule has 0 aromatic carbocycles. The minimum absolute atomic E-state index is 0. The van der Waals surface area contributed by atoms with E-state index in [9.17, 15) is 19.2 Å². The van der Waals surface area contributed by atoms with Gasteiger partial charge < -0.3 is 31.5 Å². The number of carboxylic acids is 4. The molecule has 0 bridgehead atoms. The van der Waals surface area contributed by atoms with Crippen molar-refractivity contribution < 1.29 is 39.6 Å². The second-order valence-electron chi connectivity index (χ2n) is 4.09. The van der Waals surface area contributed by atoms with Crippen molar-refractivity contribution in [2.45, 2.75) is 0 Å². The van der Waals surface area contributed by atoms with E-state index in [2.05, 4.69) is 0 Å². The molecule has 0 saturated heterocycles. The van der Waals surface area contributed by atoms with Crippen molar-refractivity contribution in [2.75, 3.05) is 39.3 Å². The molecule has 0 aromatic rings. The molecule has 0 atom stereocenters. The number of nitrogens with zero attached hydrogens (tertiary/aromatic N) is 5. The zero-order valence-electron chi connectivity index (χ0n) is 11.9. The topological polar surface area (TPSA) is 214 Å². The van der Waals surface area contributed by atoms with E-state index in [-0.39, 0.29) is 42.6 Å². The van der Waals surface area contributed by atoms with Crippen LogP contribution in [0.15, 0.2) is 0 Å². The molecule has 0 amide bonds. The van der Waals surface area contributed by atoms with Gasteiger partial charge in [0.1, 0.15) is 0 Å². The third-order valence-electron chi connectivity index (χ3n) is 2.17. The molecule has 14 heteroatoms. The average Bonchev–Trinajstić information content (AvgIpc) is 2.33. The normalized spacial score (nSPS) is 9.25. The van der Waals surface area contributed by atoms with Gasteiger partial charge in [-0.05, 0) is 0 Å². The molecule has 0 unspecified atom stereocenters. The number of aliphatic carboxylic acids is 4. The molecule has 24 heavy (non-hydrogen) atoms. The molecule has 0 saturated carbocycles. The summed E-state index contributed by atoms with van der Waals surface area (Å²) in [5.41, 5.74) is 13.5. The molecular weight excluding hydrogens is 341 g/mol. The molecule has 0 spiro atoms. The van der Waals surface area contributed by atoms with Gasteiger partial charge in [-0.2, -0.15) is 0 Å². The first-order chi connectivity index (χ1) is 10.6. The van der Waals surface area contributed by atoms with Crippen molar-refractivity contribution in [1.82, 2.24) is 9.80 Å². The van der Waals surface area contributed by atoms with Crippen LogP contribution in [-0.4, -0.2) is 123 Å². The summed E-state index contributed by atoms with van der Waals surface area (Å²) < 4.78 is 0. The maximum atomic E-state index is 10.6. The van der Waals surface area contributed by atoms with Gasteiger partial charge in [0.05, 0.1) is 26.2 Å². The number of carboxylic acid groups (broad SMARTS) is 4. The Bertz CT molecular complexity index is 400. The molecule has 0 fully saturated rings. The second kappa shape index (κ2) is 16.0. The van der Waals surface area contributed by atoms with E-state index in [1.54, 1.807) is 0 Å². The third kappa shape index (κ3) is 20.1.